The molecule has 0 N–H and O–H groups in total. The van der Waals surface area contributed by atoms with Gasteiger partial charge in [-0.1, -0.05) is 41.9 Å². The van der Waals surface area contributed by atoms with Crippen LogP contribution in [0.5, 0.6) is 5.88 Å². The SMILES string of the molecule is CCOc1nc2sc3c(Cl)nc(N(C)C)nc3c2c(-c2ccccc2)c1C#N. The standard InChI is InChI=1S/C20H16ClN5OS/c1-4-27-18-12(10-22)13(11-8-6-5-7-9-11)14-15-16(28-19(14)25-18)17(21)24-20(23-15)26(2)3/h5-9H,4H2,1-3H3. The van der Waals surface area contributed by atoms with E-state index in [0.717, 1.165) is 21.2 Å². The lowest BCUT2D eigenvalue weighted by molar-refractivity contribution is 0.327. The molecule has 1 aromatic carbocycles. The number of hydrogen-bond donors (Lipinski definition) is 0. The molecule has 0 amide bonds. The number of ether oxygens (including phenoxy) is 1. The number of benzene rings is 1. The number of hydrogen-bond acceptors (Lipinski definition) is 7. The molecule has 0 aliphatic carbocycles. The Morgan fingerprint density at radius 3 is 2.57 bits per heavy atom. The third-order valence-corrected chi connectivity index (χ3v) is 5.70. The van der Waals surface area contributed by atoms with E-state index in [9.17, 15) is 5.26 Å². The summed E-state index contributed by atoms with van der Waals surface area (Å²) in [6.45, 7) is 2.28. The molecule has 0 saturated heterocycles. The molecule has 0 aliphatic rings. The summed E-state index contributed by atoms with van der Waals surface area (Å²) in [4.78, 5) is 16.2. The van der Waals surface area contributed by atoms with Gasteiger partial charge in [0.25, 0.3) is 0 Å². The van der Waals surface area contributed by atoms with E-state index in [1.54, 1.807) is 4.90 Å². The number of pyridine rings is 1. The predicted octanol–water partition coefficient (Wildman–Crippen LogP) is 4.90. The summed E-state index contributed by atoms with van der Waals surface area (Å²) in [7, 11) is 3.71. The average Bonchev–Trinajstić information content (AvgIpc) is 3.06. The van der Waals surface area contributed by atoms with Crippen LogP contribution in [0, 0.1) is 11.3 Å². The topological polar surface area (TPSA) is 74.9 Å². The van der Waals surface area contributed by atoms with Gasteiger partial charge in [0.1, 0.15) is 16.5 Å². The molecule has 4 aromatic rings. The summed E-state index contributed by atoms with van der Waals surface area (Å²) in [5.41, 5.74) is 2.73. The van der Waals surface area contributed by atoms with E-state index < -0.39 is 0 Å². The Bertz CT molecular complexity index is 1230. The highest BCUT2D eigenvalue weighted by molar-refractivity contribution is 7.26. The smallest absolute Gasteiger partial charge is 0.233 e. The molecule has 0 aliphatic heterocycles. The zero-order chi connectivity index (χ0) is 19.8. The van der Waals surface area contributed by atoms with E-state index in [-0.39, 0.29) is 0 Å². The van der Waals surface area contributed by atoms with E-state index in [0.29, 0.717) is 39.5 Å². The lowest BCUT2D eigenvalue weighted by atomic mass is 9.98. The number of aromatic nitrogens is 3. The first kappa shape index (κ1) is 18.4. The van der Waals surface area contributed by atoms with E-state index >= 15 is 0 Å². The highest BCUT2D eigenvalue weighted by Crippen LogP contribution is 2.44. The number of nitriles is 1. The molecule has 140 valence electrons. The second-order valence-electron chi connectivity index (χ2n) is 6.25. The van der Waals surface area contributed by atoms with Crippen molar-refractivity contribution in [1.29, 1.82) is 5.26 Å². The van der Waals surface area contributed by atoms with Gasteiger partial charge in [0.15, 0.2) is 5.15 Å². The summed E-state index contributed by atoms with van der Waals surface area (Å²) in [5, 5.41) is 11.1. The Hall–Kier alpha value is -2.95. The first-order valence-corrected chi connectivity index (χ1v) is 9.84. The van der Waals surface area contributed by atoms with Crippen molar-refractivity contribution >= 4 is 49.3 Å². The molecule has 0 radical (unpaired) electrons. The van der Waals surface area contributed by atoms with E-state index in [4.69, 9.17) is 21.3 Å². The van der Waals surface area contributed by atoms with Crippen molar-refractivity contribution in [2.45, 2.75) is 6.92 Å². The van der Waals surface area contributed by atoms with Gasteiger partial charge in [-0.3, -0.25) is 0 Å². The second kappa shape index (κ2) is 7.23. The van der Waals surface area contributed by atoms with E-state index in [1.165, 1.54) is 11.3 Å². The van der Waals surface area contributed by atoms with Crippen molar-refractivity contribution in [2.75, 3.05) is 25.6 Å². The number of nitrogens with zero attached hydrogens (tertiary/aromatic N) is 5. The zero-order valence-corrected chi connectivity index (χ0v) is 17.1. The highest BCUT2D eigenvalue weighted by Gasteiger charge is 2.24. The predicted molar refractivity (Wildman–Crippen MR) is 113 cm³/mol. The molecule has 4 rings (SSSR count). The Balaban J connectivity index is 2.22. The third-order valence-electron chi connectivity index (χ3n) is 4.23. The third kappa shape index (κ3) is 2.91. The quantitative estimate of drug-likeness (QED) is 0.446. The van der Waals surface area contributed by atoms with Crippen molar-refractivity contribution in [2.24, 2.45) is 0 Å². The molecule has 0 bridgehead atoms. The van der Waals surface area contributed by atoms with E-state index in [1.807, 2.05) is 51.4 Å². The molecule has 0 unspecified atom stereocenters. The van der Waals surface area contributed by atoms with Gasteiger partial charge in [-0.2, -0.15) is 10.2 Å². The van der Waals surface area contributed by atoms with Crippen LogP contribution in [-0.2, 0) is 0 Å². The molecular weight excluding hydrogens is 394 g/mol. The Kier molecular flexibility index (Phi) is 4.75. The molecule has 6 nitrogen and oxygen atoms in total. The van der Waals surface area contributed by atoms with Crippen LogP contribution in [0.15, 0.2) is 30.3 Å². The molecule has 0 atom stereocenters. The monoisotopic (exact) mass is 409 g/mol. The lowest BCUT2D eigenvalue weighted by Crippen LogP contribution is -2.12. The van der Waals surface area contributed by atoms with Crippen LogP contribution in [0.3, 0.4) is 0 Å². The van der Waals surface area contributed by atoms with Crippen LogP contribution in [0.2, 0.25) is 5.15 Å². The van der Waals surface area contributed by atoms with Crippen LogP contribution >= 0.6 is 22.9 Å². The Labute approximate surface area is 171 Å². The fourth-order valence-corrected chi connectivity index (χ4v) is 4.32. The molecule has 0 spiro atoms. The van der Waals surface area contributed by atoms with Crippen LogP contribution in [0.1, 0.15) is 12.5 Å². The van der Waals surface area contributed by atoms with Crippen LogP contribution in [0.4, 0.5) is 5.95 Å². The summed E-state index contributed by atoms with van der Waals surface area (Å²) in [5.74, 6) is 0.823. The maximum atomic E-state index is 9.92. The summed E-state index contributed by atoms with van der Waals surface area (Å²) >= 11 is 7.86. The number of thiophene rings is 1. The molecule has 8 heteroatoms. The van der Waals surface area contributed by atoms with Crippen molar-refractivity contribution in [3.8, 4) is 23.1 Å². The number of halogens is 1. The molecule has 0 saturated carbocycles. The van der Waals surface area contributed by atoms with Crippen LogP contribution < -0.4 is 9.64 Å². The minimum absolute atomic E-state index is 0.319. The van der Waals surface area contributed by atoms with Crippen molar-refractivity contribution < 1.29 is 4.74 Å². The Morgan fingerprint density at radius 2 is 1.93 bits per heavy atom. The maximum Gasteiger partial charge on any atom is 0.233 e. The van der Waals surface area contributed by atoms with Gasteiger partial charge in [-0.05, 0) is 12.5 Å². The second-order valence-corrected chi connectivity index (χ2v) is 7.60. The van der Waals surface area contributed by atoms with Gasteiger partial charge in [0.2, 0.25) is 11.8 Å². The average molecular weight is 410 g/mol. The molecule has 28 heavy (non-hydrogen) atoms. The van der Waals surface area contributed by atoms with Crippen molar-refractivity contribution in [3.63, 3.8) is 0 Å². The van der Waals surface area contributed by atoms with E-state index in [2.05, 4.69) is 16.0 Å². The minimum atomic E-state index is 0.319. The first-order valence-electron chi connectivity index (χ1n) is 8.64. The van der Waals surface area contributed by atoms with Gasteiger partial charge in [-0.25, -0.2) is 9.97 Å². The summed E-state index contributed by atoms with van der Waals surface area (Å²) < 4.78 is 6.42. The maximum absolute atomic E-state index is 9.92. The zero-order valence-electron chi connectivity index (χ0n) is 15.5. The van der Waals surface area contributed by atoms with Gasteiger partial charge in [0.05, 0.1) is 16.8 Å². The van der Waals surface area contributed by atoms with Crippen molar-refractivity contribution in [3.05, 3.63) is 41.0 Å². The number of anilines is 1. The van der Waals surface area contributed by atoms with Gasteiger partial charge in [-0.15, -0.1) is 11.3 Å². The normalized spacial score (nSPS) is 11.0. The molecule has 3 aromatic heterocycles. The first-order chi connectivity index (χ1) is 13.5. The van der Waals surface area contributed by atoms with Crippen LogP contribution in [-0.4, -0.2) is 35.7 Å². The van der Waals surface area contributed by atoms with Crippen molar-refractivity contribution in [1.82, 2.24) is 15.0 Å². The van der Waals surface area contributed by atoms with Gasteiger partial charge >= 0.3 is 0 Å². The summed E-state index contributed by atoms with van der Waals surface area (Å²) in [6, 6.07) is 12.0. The Morgan fingerprint density at radius 1 is 1.18 bits per heavy atom. The number of rotatable bonds is 4. The number of fused-ring (bicyclic) bond motifs is 3. The van der Waals surface area contributed by atoms with Gasteiger partial charge < -0.3 is 9.64 Å². The fraction of sp³-hybridized carbons (Fsp3) is 0.200. The molecular formula is C20H16ClN5OS. The summed E-state index contributed by atoms with van der Waals surface area (Å²) in [6.07, 6.45) is 0. The highest BCUT2D eigenvalue weighted by atomic mass is 35.5. The fourth-order valence-electron chi connectivity index (χ4n) is 3.04. The van der Waals surface area contributed by atoms with Gasteiger partial charge in [0, 0.05) is 25.0 Å². The van der Waals surface area contributed by atoms with Crippen LogP contribution in [0.25, 0.3) is 31.6 Å². The minimum Gasteiger partial charge on any atom is -0.477 e. The largest absolute Gasteiger partial charge is 0.477 e. The molecule has 0 fully saturated rings. The molecule has 3 heterocycles. The lowest BCUT2D eigenvalue weighted by Gasteiger charge is -2.12.